The van der Waals surface area contributed by atoms with Crippen LogP contribution in [0.15, 0.2) is 36.7 Å². The third-order valence-corrected chi connectivity index (χ3v) is 2.71. The van der Waals surface area contributed by atoms with Gasteiger partial charge in [0.15, 0.2) is 0 Å². The standard InChI is InChI=1S/C14H14N4O3/c1-18(2)12-6-3-9(7-16-12)13(19)17-10-4-5-11(14(20)21)15-8-10/h3-8H,1-2H3,(H,17,19)(H,20,21). The average Bonchev–Trinajstić information content (AvgIpc) is 2.47. The van der Waals surface area contributed by atoms with Gasteiger partial charge in [0, 0.05) is 20.3 Å². The van der Waals surface area contributed by atoms with Gasteiger partial charge in [-0.25, -0.2) is 14.8 Å². The summed E-state index contributed by atoms with van der Waals surface area (Å²) in [5.41, 5.74) is 0.745. The molecule has 2 heterocycles. The highest BCUT2D eigenvalue weighted by Crippen LogP contribution is 2.11. The van der Waals surface area contributed by atoms with Gasteiger partial charge in [-0.1, -0.05) is 0 Å². The van der Waals surface area contributed by atoms with E-state index in [1.54, 1.807) is 12.1 Å². The predicted octanol–water partition coefficient (Wildman–Crippen LogP) is 1.49. The van der Waals surface area contributed by atoms with Crippen LogP contribution in [0.1, 0.15) is 20.8 Å². The zero-order chi connectivity index (χ0) is 15.4. The van der Waals surface area contributed by atoms with Crippen LogP contribution in [0, 0.1) is 0 Å². The number of nitrogens with one attached hydrogen (secondary N) is 1. The SMILES string of the molecule is CN(C)c1ccc(C(=O)Nc2ccc(C(=O)O)nc2)cn1. The van der Waals surface area contributed by atoms with E-state index in [9.17, 15) is 9.59 Å². The number of carbonyl (C=O) groups excluding carboxylic acids is 1. The molecule has 0 unspecified atom stereocenters. The molecule has 0 saturated heterocycles. The largest absolute Gasteiger partial charge is 0.477 e. The lowest BCUT2D eigenvalue weighted by molar-refractivity contribution is 0.0690. The molecule has 0 fully saturated rings. The number of nitrogens with zero attached hydrogens (tertiary/aromatic N) is 3. The first-order valence-electron chi connectivity index (χ1n) is 6.11. The van der Waals surface area contributed by atoms with E-state index >= 15 is 0 Å². The number of carbonyl (C=O) groups is 2. The van der Waals surface area contributed by atoms with Crippen molar-refractivity contribution >= 4 is 23.4 Å². The fourth-order valence-electron chi connectivity index (χ4n) is 1.58. The summed E-state index contributed by atoms with van der Waals surface area (Å²) in [5, 5.41) is 11.4. The number of carboxylic acids is 1. The first-order valence-corrected chi connectivity index (χ1v) is 6.11. The maximum Gasteiger partial charge on any atom is 0.354 e. The van der Waals surface area contributed by atoms with Crippen molar-refractivity contribution in [3.05, 3.63) is 47.9 Å². The summed E-state index contributed by atoms with van der Waals surface area (Å²) >= 11 is 0. The molecule has 0 aromatic carbocycles. The van der Waals surface area contributed by atoms with Gasteiger partial charge in [0.1, 0.15) is 11.5 Å². The first kappa shape index (κ1) is 14.4. The molecule has 21 heavy (non-hydrogen) atoms. The summed E-state index contributed by atoms with van der Waals surface area (Å²) in [7, 11) is 3.72. The normalized spacial score (nSPS) is 10.0. The minimum atomic E-state index is -1.11. The van der Waals surface area contributed by atoms with Crippen LogP contribution in [0.25, 0.3) is 0 Å². The van der Waals surface area contributed by atoms with Crippen LogP contribution in [0.3, 0.4) is 0 Å². The molecule has 108 valence electrons. The van der Waals surface area contributed by atoms with Gasteiger partial charge in [0.2, 0.25) is 0 Å². The molecule has 2 rings (SSSR count). The van der Waals surface area contributed by atoms with Gasteiger partial charge in [0.25, 0.3) is 5.91 Å². The van der Waals surface area contributed by atoms with Crippen LogP contribution >= 0.6 is 0 Å². The minimum absolute atomic E-state index is 0.0787. The van der Waals surface area contributed by atoms with Gasteiger partial charge in [-0.15, -0.1) is 0 Å². The molecular weight excluding hydrogens is 272 g/mol. The third-order valence-electron chi connectivity index (χ3n) is 2.71. The van der Waals surface area contributed by atoms with E-state index in [0.717, 1.165) is 5.82 Å². The molecule has 1 amide bonds. The Balaban J connectivity index is 2.08. The fourth-order valence-corrected chi connectivity index (χ4v) is 1.58. The van der Waals surface area contributed by atoms with Gasteiger partial charge in [0.05, 0.1) is 17.4 Å². The summed E-state index contributed by atoms with van der Waals surface area (Å²) in [6, 6.07) is 6.21. The van der Waals surface area contributed by atoms with Crippen molar-refractivity contribution in [2.45, 2.75) is 0 Å². The van der Waals surface area contributed by atoms with Gasteiger partial charge >= 0.3 is 5.97 Å². The highest BCUT2D eigenvalue weighted by molar-refractivity contribution is 6.04. The summed E-state index contributed by atoms with van der Waals surface area (Å²) < 4.78 is 0. The number of anilines is 2. The Morgan fingerprint density at radius 2 is 1.86 bits per heavy atom. The molecule has 2 aromatic rings. The smallest absolute Gasteiger partial charge is 0.354 e. The van der Waals surface area contributed by atoms with E-state index in [4.69, 9.17) is 5.11 Å². The molecule has 0 saturated carbocycles. The van der Waals surface area contributed by atoms with Crippen molar-refractivity contribution in [3.63, 3.8) is 0 Å². The number of rotatable bonds is 4. The van der Waals surface area contributed by atoms with Crippen LogP contribution < -0.4 is 10.2 Å². The van der Waals surface area contributed by atoms with Crippen molar-refractivity contribution in [1.29, 1.82) is 0 Å². The Hall–Kier alpha value is -2.96. The van der Waals surface area contributed by atoms with Gasteiger partial charge in [-0.2, -0.15) is 0 Å². The fraction of sp³-hybridized carbons (Fsp3) is 0.143. The number of hydrogen-bond acceptors (Lipinski definition) is 5. The average molecular weight is 286 g/mol. The zero-order valence-corrected chi connectivity index (χ0v) is 11.6. The van der Waals surface area contributed by atoms with E-state index in [0.29, 0.717) is 11.3 Å². The number of pyridine rings is 2. The highest BCUT2D eigenvalue weighted by Gasteiger charge is 2.09. The summed E-state index contributed by atoms with van der Waals surface area (Å²) in [6.07, 6.45) is 2.77. The van der Waals surface area contributed by atoms with E-state index < -0.39 is 5.97 Å². The Kier molecular flexibility index (Phi) is 4.13. The predicted molar refractivity (Wildman–Crippen MR) is 77.7 cm³/mol. The molecule has 7 nitrogen and oxygen atoms in total. The zero-order valence-electron chi connectivity index (χ0n) is 11.6. The molecule has 0 aliphatic heterocycles. The lowest BCUT2D eigenvalue weighted by atomic mass is 10.2. The number of amides is 1. The number of aromatic nitrogens is 2. The van der Waals surface area contributed by atoms with Crippen molar-refractivity contribution in [1.82, 2.24) is 9.97 Å². The second-order valence-corrected chi connectivity index (χ2v) is 4.49. The second kappa shape index (κ2) is 6.00. The second-order valence-electron chi connectivity index (χ2n) is 4.49. The molecular formula is C14H14N4O3. The Morgan fingerprint density at radius 1 is 1.10 bits per heavy atom. The highest BCUT2D eigenvalue weighted by atomic mass is 16.4. The summed E-state index contributed by atoms with van der Waals surface area (Å²) in [6.45, 7) is 0. The van der Waals surface area contributed by atoms with Crippen molar-refractivity contribution in [2.24, 2.45) is 0 Å². The maximum atomic E-state index is 12.0. The molecule has 0 aliphatic carbocycles. The number of hydrogen-bond donors (Lipinski definition) is 2. The molecule has 0 bridgehead atoms. The number of carboxylic acid groups (broad SMARTS) is 1. The van der Waals surface area contributed by atoms with Crippen LogP contribution in [-0.2, 0) is 0 Å². The summed E-state index contributed by atoms with van der Waals surface area (Å²) in [4.78, 5) is 32.4. The first-order chi connectivity index (χ1) is 9.97. The molecule has 0 radical (unpaired) electrons. The maximum absolute atomic E-state index is 12.0. The molecule has 2 aromatic heterocycles. The van der Waals surface area contributed by atoms with Gasteiger partial charge in [-0.3, -0.25) is 4.79 Å². The van der Waals surface area contributed by atoms with Gasteiger partial charge in [-0.05, 0) is 24.3 Å². The third kappa shape index (κ3) is 3.53. The van der Waals surface area contributed by atoms with E-state index in [-0.39, 0.29) is 11.6 Å². The quantitative estimate of drug-likeness (QED) is 0.884. The Morgan fingerprint density at radius 3 is 2.33 bits per heavy atom. The minimum Gasteiger partial charge on any atom is -0.477 e. The van der Waals surface area contributed by atoms with Crippen LogP contribution in [0.4, 0.5) is 11.5 Å². The van der Waals surface area contributed by atoms with E-state index in [1.807, 2.05) is 19.0 Å². The molecule has 0 aliphatic rings. The van der Waals surface area contributed by atoms with Crippen LogP contribution in [0.2, 0.25) is 0 Å². The van der Waals surface area contributed by atoms with Crippen molar-refractivity contribution in [3.8, 4) is 0 Å². The van der Waals surface area contributed by atoms with E-state index in [1.165, 1.54) is 24.5 Å². The molecule has 0 spiro atoms. The monoisotopic (exact) mass is 286 g/mol. The van der Waals surface area contributed by atoms with Crippen molar-refractivity contribution in [2.75, 3.05) is 24.3 Å². The van der Waals surface area contributed by atoms with E-state index in [2.05, 4.69) is 15.3 Å². The lowest BCUT2D eigenvalue weighted by Crippen LogP contribution is -2.14. The lowest BCUT2D eigenvalue weighted by Gasteiger charge is -2.11. The molecule has 7 heteroatoms. The summed E-state index contributed by atoms with van der Waals surface area (Å²) in [5.74, 6) is -0.701. The Bertz CT molecular complexity index is 651. The number of aromatic carboxylic acids is 1. The van der Waals surface area contributed by atoms with Crippen molar-refractivity contribution < 1.29 is 14.7 Å². The van der Waals surface area contributed by atoms with Gasteiger partial charge < -0.3 is 15.3 Å². The molecule has 2 N–H and O–H groups in total. The van der Waals surface area contributed by atoms with Crippen LogP contribution in [-0.4, -0.2) is 41.0 Å². The topological polar surface area (TPSA) is 95.4 Å². The molecule has 0 atom stereocenters. The van der Waals surface area contributed by atoms with Crippen LogP contribution in [0.5, 0.6) is 0 Å². The Labute approximate surface area is 121 Å².